The fourth-order valence-electron chi connectivity index (χ4n) is 3.84. The molecule has 1 fully saturated rings. The van der Waals surface area contributed by atoms with Crippen LogP contribution in [0.3, 0.4) is 0 Å². The Morgan fingerprint density at radius 1 is 1.08 bits per heavy atom. The first-order valence-corrected chi connectivity index (χ1v) is 9.25. The molecule has 4 heteroatoms. The lowest BCUT2D eigenvalue weighted by molar-refractivity contribution is -0.136. The summed E-state index contributed by atoms with van der Waals surface area (Å²) < 4.78 is 0. The Morgan fingerprint density at radius 3 is 2.38 bits per heavy atom. The van der Waals surface area contributed by atoms with Crippen LogP contribution >= 0.6 is 0 Å². The van der Waals surface area contributed by atoms with Gasteiger partial charge in [0.05, 0.1) is 0 Å². The number of amides is 2. The molecule has 3 rings (SSSR count). The number of hydrogen-bond acceptors (Lipinski definition) is 2. The van der Waals surface area contributed by atoms with E-state index in [9.17, 15) is 9.59 Å². The summed E-state index contributed by atoms with van der Waals surface area (Å²) in [7, 11) is 0. The molecule has 0 saturated carbocycles. The van der Waals surface area contributed by atoms with Crippen molar-refractivity contribution in [2.75, 3.05) is 13.1 Å². The quantitative estimate of drug-likeness (QED) is 0.849. The molecular formula is C20H28N2O2. The minimum atomic E-state index is -0.331. The van der Waals surface area contributed by atoms with E-state index < -0.39 is 0 Å². The van der Waals surface area contributed by atoms with Crippen molar-refractivity contribution in [3.8, 4) is 0 Å². The molecule has 24 heavy (non-hydrogen) atoms. The minimum Gasteiger partial charge on any atom is -0.341 e. The van der Waals surface area contributed by atoms with Crippen LogP contribution in [0.25, 0.3) is 0 Å². The van der Waals surface area contributed by atoms with Gasteiger partial charge in [-0.15, -0.1) is 0 Å². The first kappa shape index (κ1) is 17.0. The molecule has 2 aliphatic heterocycles. The second-order valence-corrected chi connectivity index (χ2v) is 7.48. The number of likely N-dealkylation sites (tertiary alicyclic amines) is 1. The molecule has 2 heterocycles. The number of benzene rings is 1. The fourth-order valence-corrected chi connectivity index (χ4v) is 3.84. The molecule has 1 unspecified atom stereocenters. The molecule has 1 atom stereocenters. The van der Waals surface area contributed by atoms with Gasteiger partial charge in [-0.05, 0) is 36.8 Å². The van der Waals surface area contributed by atoms with Crippen molar-refractivity contribution < 1.29 is 9.59 Å². The standard InChI is InChI=1S/C20H28N2O2/c1-15(2)13-18(20(24)21-11-7-3-4-8-12-21)22-14-16-9-5-6-10-17(16)19(22)23/h5-6,9-10,15,18H,3-4,7-8,11-14H2,1-2H3. The predicted octanol–water partition coefficient (Wildman–Crippen LogP) is 3.46. The summed E-state index contributed by atoms with van der Waals surface area (Å²) in [6, 6.07) is 7.40. The van der Waals surface area contributed by atoms with Crippen LogP contribution in [0.5, 0.6) is 0 Å². The molecular weight excluding hydrogens is 300 g/mol. The van der Waals surface area contributed by atoms with Crippen LogP contribution < -0.4 is 0 Å². The van der Waals surface area contributed by atoms with Crippen LogP contribution in [0, 0.1) is 5.92 Å². The summed E-state index contributed by atoms with van der Waals surface area (Å²) in [6.45, 7) is 6.48. The summed E-state index contributed by atoms with van der Waals surface area (Å²) in [5.74, 6) is 0.536. The van der Waals surface area contributed by atoms with Crippen molar-refractivity contribution in [1.82, 2.24) is 9.80 Å². The number of carbonyl (C=O) groups is 2. The second kappa shape index (κ2) is 7.37. The lowest BCUT2D eigenvalue weighted by Crippen LogP contribution is -2.49. The SMILES string of the molecule is CC(C)CC(C(=O)N1CCCCCC1)N1Cc2ccccc2C1=O. The molecule has 0 radical (unpaired) electrons. The molecule has 0 aromatic heterocycles. The summed E-state index contributed by atoms with van der Waals surface area (Å²) in [5, 5.41) is 0. The third-order valence-corrected chi connectivity index (χ3v) is 5.12. The Balaban J connectivity index is 1.82. The zero-order chi connectivity index (χ0) is 17.1. The lowest BCUT2D eigenvalue weighted by Gasteiger charge is -2.33. The second-order valence-electron chi connectivity index (χ2n) is 7.48. The van der Waals surface area contributed by atoms with E-state index in [1.165, 1.54) is 12.8 Å². The first-order chi connectivity index (χ1) is 11.6. The topological polar surface area (TPSA) is 40.6 Å². The predicted molar refractivity (Wildman–Crippen MR) is 94.6 cm³/mol. The normalized spacial score (nSPS) is 19.4. The molecule has 1 aromatic carbocycles. The fraction of sp³-hybridized carbons (Fsp3) is 0.600. The van der Waals surface area contributed by atoms with Crippen molar-refractivity contribution in [3.63, 3.8) is 0 Å². The van der Waals surface area contributed by atoms with Gasteiger partial charge in [0.25, 0.3) is 5.91 Å². The number of rotatable bonds is 4. The number of carbonyl (C=O) groups excluding carboxylic acids is 2. The highest BCUT2D eigenvalue weighted by Crippen LogP contribution is 2.28. The molecule has 2 aliphatic rings. The number of nitrogens with zero attached hydrogens (tertiary/aromatic N) is 2. The molecule has 2 amide bonds. The van der Waals surface area contributed by atoms with E-state index >= 15 is 0 Å². The zero-order valence-corrected chi connectivity index (χ0v) is 14.8. The highest BCUT2D eigenvalue weighted by Gasteiger charge is 2.38. The van der Waals surface area contributed by atoms with Gasteiger partial charge < -0.3 is 9.80 Å². The van der Waals surface area contributed by atoms with Gasteiger partial charge in [-0.2, -0.15) is 0 Å². The van der Waals surface area contributed by atoms with E-state index in [-0.39, 0.29) is 17.9 Å². The summed E-state index contributed by atoms with van der Waals surface area (Å²) in [4.78, 5) is 29.8. The maximum absolute atomic E-state index is 13.2. The monoisotopic (exact) mass is 328 g/mol. The Morgan fingerprint density at radius 2 is 1.75 bits per heavy atom. The third kappa shape index (κ3) is 3.47. The smallest absolute Gasteiger partial charge is 0.255 e. The molecule has 0 N–H and O–H groups in total. The average molecular weight is 328 g/mol. The van der Waals surface area contributed by atoms with Crippen LogP contribution in [-0.2, 0) is 11.3 Å². The van der Waals surface area contributed by atoms with E-state index in [0.717, 1.165) is 43.5 Å². The van der Waals surface area contributed by atoms with E-state index in [1.54, 1.807) is 4.90 Å². The largest absolute Gasteiger partial charge is 0.341 e. The summed E-state index contributed by atoms with van der Waals surface area (Å²) in [5.41, 5.74) is 1.80. The van der Waals surface area contributed by atoms with Crippen molar-refractivity contribution in [3.05, 3.63) is 35.4 Å². The van der Waals surface area contributed by atoms with Crippen LogP contribution in [0.1, 0.15) is 61.9 Å². The Labute approximate surface area is 144 Å². The molecule has 1 aromatic rings. The van der Waals surface area contributed by atoms with Gasteiger partial charge in [0.2, 0.25) is 5.91 Å². The van der Waals surface area contributed by atoms with E-state index in [0.29, 0.717) is 12.5 Å². The van der Waals surface area contributed by atoms with Gasteiger partial charge >= 0.3 is 0 Å². The van der Waals surface area contributed by atoms with Gasteiger partial charge in [0, 0.05) is 25.2 Å². The van der Waals surface area contributed by atoms with Crippen LogP contribution in [0.4, 0.5) is 0 Å². The average Bonchev–Trinajstić information content (AvgIpc) is 2.76. The first-order valence-electron chi connectivity index (χ1n) is 9.25. The molecule has 130 valence electrons. The van der Waals surface area contributed by atoms with Gasteiger partial charge in [-0.1, -0.05) is 44.9 Å². The highest BCUT2D eigenvalue weighted by molar-refractivity contribution is 6.01. The van der Waals surface area contributed by atoms with Crippen LogP contribution in [-0.4, -0.2) is 40.7 Å². The van der Waals surface area contributed by atoms with Gasteiger partial charge in [-0.3, -0.25) is 9.59 Å². The van der Waals surface area contributed by atoms with Gasteiger partial charge in [0.15, 0.2) is 0 Å². The third-order valence-electron chi connectivity index (χ3n) is 5.12. The van der Waals surface area contributed by atoms with Crippen LogP contribution in [0.15, 0.2) is 24.3 Å². The maximum Gasteiger partial charge on any atom is 0.255 e. The molecule has 0 aliphatic carbocycles. The van der Waals surface area contributed by atoms with Crippen molar-refractivity contribution in [2.24, 2.45) is 5.92 Å². The van der Waals surface area contributed by atoms with Gasteiger partial charge in [-0.25, -0.2) is 0 Å². The molecule has 0 spiro atoms. The maximum atomic E-state index is 13.2. The van der Waals surface area contributed by atoms with Crippen LogP contribution in [0.2, 0.25) is 0 Å². The minimum absolute atomic E-state index is 0.0134. The Bertz CT molecular complexity index is 603. The van der Waals surface area contributed by atoms with Crippen molar-refractivity contribution in [2.45, 2.75) is 58.5 Å². The number of fused-ring (bicyclic) bond motifs is 1. The van der Waals surface area contributed by atoms with Crippen molar-refractivity contribution >= 4 is 11.8 Å². The lowest BCUT2D eigenvalue weighted by atomic mass is 10.0. The van der Waals surface area contributed by atoms with E-state index in [2.05, 4.69) is 13.8 Å². The van der Waals surface area contributed by atoms with Gasteiger partial charge in [0.1, 0.15) is 6.04 Å². The molecule has 0 bridgehead atoms. The summed E-state index contributed by atoms with van der Waals surface area (Å²) in [6.07, 6.45) is 5.29. The summed E-state index contributed by atoms with van der Waals surface area (Å²) >= 11 is 0. The van der Waals surface area contributed by atoms with Crippen molar-refractivity contribution in [1.29, 1.82) is 0 Å². The molecule has 1 saturated heterocycles. The van der Waals surface area contributed by atoms with E-state index in [1.807, 2.05) is 29.2 Å². The Hall–Kier alpha value is -1.84. The highest BCUT2D eigenvalue weighted by atomic mass is 16.2. The molecule has 4 nitrogen and oxygen atoms in total. The zero-order valence-electron chi connectivity index (χ0n) is 14.8. The Kier molecular flexibility index (Phi) is 5.22. The number of hydrogen-bond donors (Lipinski definition) is 0. The van der Waals surface area contributed by atoms with E-state index in [4.69, 9.17) is 0 Å².